The highest BCUT2D eigenvalue weighted by Gasteiger charge is 2.19. The van der Waals surface area contributed by atoms with Crippen molar-refractivity contribution in [3.63, 3.8) is 0 Å². The maximum absolute atomic E-state index is 6.03. The van der Waals surface area contributed by atoms with Crippen LogP contribution in [-0.4, -0.2) is 13.7 Å². The van der Waals surface area contributed by atoms with Crippen LogP contribution in [-0.2, 0) is 5.41 Å². The normalized spacial score (nSPS) is 11.5. The zero-order valence-corrected chi connectivity index (χ0v) is 9.56. The number of methoxy groups -OCH3 is 1. The fourth-order valence-corrected chi connectivity index (χ4v) is 1.46. The van der Waals surface area contributed by atoms with E-state index in [0.29, 0.717) is 17.3 Å². The summed E-state index contributed by atoms with van der Waals surface area (Å²) in [5, 5.41) is 0.631. The highest BCUT2D eigenvalue weighted by atomic mass is 35.5. The molecule has 0 aliphatic heterocycles. The molecule has 0 saturated heterocycles. The van der Waals surface area contributed by atoms with Crippen molar-refractivity contribution in [1.29, 1.82) is 0 Å². The largest absolute Gasteiger partial charge is 0.495 e. The summed E-state index contributed by atoms with van der Waals surface area (Å²) in [6, 6.07) is 5.78. The Labute approximate surface area is 90.0 Å². The van der Waals surface area contributed by atoms with Gasteiger partial charge >= 0.3 is 0 Å². The van der Waals surface area contributed by atoms with Gasteiger partial charge in [0.15, 0.2) is 0 Å². The van der Waals surface area contributed by atoms with Gasteiger partial charge in [-0.3, -0.25) is 0 Å². The summed E-state index contributed by atoms with van der Waals surface area (Å²) in [4.78, 5) is 0. The molecule has 14 heavy (non-hydrogen) atoms. The molecule has 1 rings (SSSR count). The van der Waals surface area contributed by atoms with Crippen molar-refractivity contribution in [2.75, 3.05) is 13.7 Å². The Morgan fingerprint density at radius 1 is 1.43 bits per heavy atom. The molecular formula is C11H16ClNO. The van der Waals surface area contributed by atoms with Crippen LogP contribution in [0, 0.1) is 0 Å². The van der Waals surface area contributed by atoms with Gasteiger partial charge in [-0.1, -0.05) is 31.5 Å². The fraction of sp³-hybridized carbons (Fsp3) is 0.455. The van der Waals surface area contributed by atoms with Crippen molar-refractivity contribution in [3.8, 4) is 5.75 Å². The first-order chi connectivity index (χ1) is 6.51. The van der Waals surface area contributed by atoms with Crippen molar-refractivity contribution in [1.82, 2.24) is 0 Å². The molecule has 1 aromatic rings. The van der Waals surface area contributed by atoms with Gasteiger partial charge < -0.3 is 10.5 Å². The molecule has 0 spiro atoms. The Kier molecular flexibility index (Phi) is 3.40. The number of hydrogen-bond acceptors (Lipinski definition) is 2. The van der Waals surface area contributed by atoms with E-state index in [4.69, 9.17) is 22.1 Å². The van der Waals surface area contributed by atoms with Crippen LogP contribution in [0.4, 0.5) is 0 Å². The van der Waals surface area contributed by atoms with E-state index in [1.54, 1.807) is 7.11 Å². The van der Waals surface area contributed by atoms with Gasteiger partial charge in [-0.15, -0.1) is 0 Å². The summed E-state index contributed by atoms with van der Waals surface area (Å²) in [5.74, 6) is 0.697. The summed E-state index contributed by atoms with van der Waals surface area (Å²) >= 11 is 6.03. The third-order valence-electron chi connectivity index (χ3n) is 2.44. The second-order valence-electron chi connectivity index (χ2n) is 3.94. The predicted molar refractivity (Wildman–Crippen MR) is 60.1 cm³/mol. The molecule has 0 atom stereocenters. The molecule has 3 heteroatoms. The Bertz CT molecular complexity index is 323. The molecule has 0 aromatic heterocycles. The smallest absolute Gasteiger partial charge is 0.137 e. The quantitative estimate of drug-likeness (QED) is 0.838. The number of halogens is 1. The van der Waals surface area contributed by atoms with E-state index in [-0.39, 0.29) is 5.41 Å². The lowest BCUT2D eigenvalue weighted by molar-refractivity contribution is 0.414. The first kappa shape index (κ1) is 11.3. The summed E-state index contributed by atoms with van der Waals surface area (Å²) in [5.41, 5.74) is 6.77. The topological polar surface area (TPSA) is 35.2 Å². The Balaban J connectivity index is 3.08. The van der Waals surface area contributed by atoms with E-state index < -0.39 is 0 Å². The lowest BCUT2D eigenvalue weighted by Gasteiger charge is -2.23. The van der Waals surface area contributed by atoms with Crippen molar-refractivity contribution < 1.29 is 4.74 Å². The molecule has 0 amide bonds. The minimum Gasteiger partial charge on any atom is -0.495 e. The minimum absolute atomic E-state index is 0.0457. The van der Waals surface area contributed by atoms with E-state index in [0.717, 1.165) is 5.56 Å². The summed E-state index contributed by atoms with van der Waals surface area (Å²) in [6.45, 7) is 4.77. The fourth-order valence-electron chi connectivity index (χ4n) is 1.21. The van der Waals surface area contributed by atoms with Gasteiger partial charge in [-0.05, 0) is 17.7 Å². The maximum Gasteiger partial charge on any atom is 0.137 e. The zero-order chi connectivity index (χ0) is 10.8. The van der Waals surface area contributed by atoms with Gasteiger partial charge in [-0.2, -0.15) is 0 Å². The molecular weight excluding hydrogens is 198 g/mol. The second kappa shape index (κ2) is 4.20. The second-order valence-corrected chi connectivity index (χ2v) is 4.34. The molecule has 0 aliphatic carbocycles. The van der Waals surface area contributed by atoms with Crippen molar-refractivity contribution in [3.05, 3.63) is 28.8 Å². The highest BCUT2D eigenvalue weighted by Crippen LogP contribution is 2.30. The van der Waals surface area contributed by atoms with Crippen LogP contribution in [0.5, 0.6) is 5.75 Å². The van der Waals surface area contributed by atoms with Crippen LogP contribution in [0.3, 0.4) is 0 Å². The molecule has 2 nitrogen and oxygen atoms in total. The predicted octanol–water partition coefficient (Wildman–Crippen LogP) is 2.58. The lowest BCUT2D eigenvalue weighted by Crippen LogP contribution is -2.27. The van der Waals surface area contributed by atoms with Crippen molar-refractivity contribution in [2.24, 2.45) is 5.73 Å². The van der Waals surface area contributed by atoms with Gasteiger partial charge in [0, 0.05) is 12.0 Å². The van der Waals surface area contributed by atoms with Gasteiger partial charge in [0.1, 0.15) is 5.75 Å². The Hall–Kier alpha value is -0.730. The number of rotatable bonds is 3. The third-order valence-corrected chi connectivity index (χ3v) is 2.74. The average Bonchev–Trinajstić information content (AvgIpc) is 2.17. The number of nitrogens with two attached hydrogens (primary N) is 1. The average molecular weight is 214 g/mol. The summed E-state index contributed by atoms with van der Waals surface area (Å²) in [6.07, 6.45) is 0. The van der Waals surface area contributed by atoms with E-state index >= 15 is 0 Å². The molecule has 1 aromatic carbocycles. The van der Waals surface area contributed by atoms with E-state index in [1.165, 1.54) is 0 Å². The molecule has 0 bridgehead atoms. The first-order valence-electron chi connectivity index (χ1n) is 4.55. The standard InChI is InChI=1S/C11H16ClNO/c1-11(2,7-13)8-4-5-10(14-3)9(12)6-8/h4-6H,7,13H2,1-3H3. The van der Waals surface area contributed by atoms with E-state index in [2.05, 4.69) is 13.8 Å². The van der Waals surface area contributed by atoms with Crippen LogP contribution in [0.1, 0.15) is 19.4 Å². The van der Waals surface area contributed by atoms with Crippen molar-refractivity contribution in [2.45, 2.75) is 19.3 Å². The van der Waals surface area contributed by atoms with Crippen LogP contribution in [0.15, 0.2) is 18.2 Å². The van der Waals surface area contributed by atoms with Gasteiger partial charge in [0.2, 0.25) is 0 Å². The molecule has 0 aliphatic rings. The van der Waals surface area contributed by atoms with E-state index in [1.807, 2.05) is 18.2 Å². The van der Waals surface area contributed by atoms with Gasteiger partial charge in [-0.25, -0.2) is 0 Å². The first-order valence-corrected chi connectivity index (χ1v) is 4.93. The van der Waals surface area contributed by atoms with Crippen LogP contribution in [0.2, 0.25) is 5.02 Å². The minimum atomic E-state index is -0.0457. The molecule has 0 saturated carbocycles. The monoisotopic (exact) mass is 213 g/mol. The molecule has 0 fully saturated rings. The lowest BCUT2D eigenvalue weighted by atomic mass is 9.85. The third kappa shape index (κ3) is 2.20. The van der Waals surface area contributed by atoms with Crippen LogP contribution >= 0.6 is 11.6 Å². The molecule has 0 heterocycles. The number of ether oxygens (including phenoxy) is 1. The number of benzene rings is 1. The Morgan fingerprint density at radius 2 is 2.07 bits per heavy atom. The molecule has 0 radical (unpaired) electrons. The molecule has 0 unspecified atom stereocenters. The highest BCUT2D eigenvalue weighted by molar-refractivity contribution is 6.32. The maximum atomic E-state index is 6.03. The summed E-state index contributed by atoms with van der Waals surface area (Å²) < 4.78 is 5.08. The van der Waals surface area contributed by atoms with Gasteiger partial charge in [0.05, 0.1) is 12.1 Å². The molecule has 2 N–H and O–H groups in total. The van der Waals surface area contributed by atoms with Gasteiger partial charge in [0.25, 0.3) is 0 Å². The molecule has 78 valence electrons. The SMILES string of the molecule is COc1ccc(C(C)(C)CN)cc1Cl. The Morgan fingerprint density at radius 3 is 2.50 bits per heavy atom. The summed E-state index contributed by atoms with van der Waals surface area (Å²) in [7, 11) is 1.61. The van der Waals surface area contributed by atoms with Crippen molar-refractivity contribution >= 4 is 11.6 Å². The van der Waals surface area contributed by atoms with E-state index in [9.17, 15) is 0 Å². The van der Waals surface area contributed by atoms with Crippen LogP contribution in [0.25, 0.3) is 0 Å². The zero-order valence-electron chi connectivity index (χ0n) is 8.80. The van der Waals surface area contributed by atoms with Crippen LogP contribution < -0.4 is 10.5 Å². The number of hydrogen-bond donors (Lipinski definition) is 1.